The number of furan rings is 1. The summed E-state index contributed by atoms with van der Waals surface area (Å²) in [6.07, 6.45) is 2.37. The number of hydrogen-bond acceptors (Lipinski definition) is 9. The van der Waals surface area contributed by atoms with Crippen LogP contribution in [-0.2, 0) is 9.53 Å². The number of carbonyl (C=O) groups excluding carboxylic acids is 2. The number of ketones is 1. The van der Waals surface area contributed by atoms with Gasteiger partial charge in [0, 0.05) is 25.5 Å². The second-order valence-electron chi connectivity index (χ2n) is 6.58. The number of aromatic nitrogens is 2. The molecule has 3 aromatic rings. The van der Waals surface area contributed by atoms with Crippen LogP contribution in [0, 0.1) is 0 Å². The van der Waals surface area contributed by atoms with Crippen LogP contribution in [0.2, 0.25) is 0 Å². The molecule has 1 aromatic carbocycles. The van der Waals surface area contributed by atoms with E-state index in [9.17, 15) is 9.59 Å². The zero-order valence-corrected chi connectivity index (χ0v) is 17.4. The van der Waals surface area contributed by atoms with Crippen LogP contribution in [0.15, 0.2) is 33.0 Å². The standard InChI is InChI=1S/C19H20N4O4S2/c1-11(24)17-16(13-6-2-3-7-14(13)27-17)21-15(25)10-28-19-23-22-18(29-19)20-9-12-5-4-8-26-12/h2-3,6-7,12H,4-5,8-10H2,1H3,(H,20,22)(H,21,25)/t12-/m1/s1. The summed E-state index contributed by atoms with van der Waals surface area (Å²) in [6.45, 7) is 2.94. The van der Waals surface area contributed by atoms with Crippen molar-refractivity contribution < 1.29 is 18.7 Å². The average molecular weight is 433 g/mol. The highest BCUT2D eigenvalue weighted by Gasteiger charge is 2.20. The van der Waals surface area contributed by atoms with Gasteiger partial charge < -0.3 is 19.8 Å². The first-order valence-corrected chi connectivity index (χ1v) is 11.0. The van der Waals surface area contributed by atoms with Crippen molar-refractivity contribution in [1.29, 1.82) is 0 Å². The minimum atomic E-state index is -0.242. The normalized spacial score (nSPS) is 16.2. The summed E-state index contributed by atoms with van der Waals surface area (Å²) in [6, 6.07) is 7.22. The molecule has 1 amide bonds. The van der Waals surface area contributed by atoms with Crippen molar-refractivity contribution in [2.45, 2.75) is 30.2 Å². The van der Waals surface area contributed by atoms with Crippen LogP contribution < -0.4 is 10.6 Å². The molecule has 10 heteroatoms. The number of para-hydroxylation sites is 1. The number of hydrogen-bond donors (Lipinski definition) is 2. The molecule has 2 aromatic heterocycles. The summed E-state index contributed by atoms with van der Waals surface area (Å²) in [5, 5.41) is 15.6. The van der Waals surface area contributed by atoms with Crippen LogP contribution in [0.5, 0.6) is 0 Å². The van der Waals surface area contributed by atoms with Gasteiger partial charge in [0.05, 0.1) is 17.5 Å². The Morgan fingerprint density at radius 1 is 1.31 bits per heavy atom. The van der Waals surface area contributed by atoms with Crippen LogP contribution in [-0.4, -0.2) is 46.9 Å². The molecule has 0 unspecified atom stereocenters. The molecule has 152 valence electrons. The Bertz CT molecular complexity index is 1030. The summed E-state index contributed by atoms with van der Waals surface area (Å²) in [5.74, 6) is -0.179. The lowest BCUT2D eigenvalue weighted by molar-refractivity contribution is -0.113. The number of anilines is 2. The SMILES string of the molecule is CC(=O)c1oc2ccccc2c1NC(=O)CSc1nnc(NC[C@H]2CCCO2)s1. The summed E-state index contributed by atoms with van der Waals surface area (Å²) in [5.41, 5.74) is 0.974. The van der Waals surface area contributed by atoms with E-state index >= 15 is 0 Å². The van der Waals surface area contributed by atoms with Gasteiger partial charge in [-0.15, -0.1) is 10.2 Å². The largest absolute Gasteiger partial charge is 0.451 e. The summed E-state index contributed by atoms with van der Waals surface area (Å²) in [7, 11) is 0. The van der Waals surface area contributed by atoms with Crippen LogP contribution in [0.1, 0.15) is 30.3 Å². The highest BCUT2D eigenvalue weighted by Crippen LogP contribution is 2.32. The minimum Gasteiger partial charge on any atom is -0.451 e. The number of thioether (sulfide) groups is 1. The Morgan fingerprint density at radius 2 is 2.17 bits per heavy atom. The van der Waals surface area contributed by atoms with Crippen molar-refractivity contribution in [1.82, 2.24) is 10.2 Å². The van der Waals surface area contributed by atoms with Crippen LogP contribution in [0.3, 0.4) is 0 Å². The van der Waals surface area contributed by atoms with Gasteiger partial charge in [-0.2, -0.15) is 0 Å². The Balaban J connectivity index is 1.34. The molecule has 0 radical (unpaired) electrons. The molecule has 0 saturated carbocycles. The number of nitrogens with zero attached hydrogens (tertiary/aromatic N) is 2. The van der Waals surface area contributed by atoms with Crippen LogP contribution >= 0.6 is 23.1 Å². The lowest BCUT2D eigenvalue weighted by Crippen LogP contribution is -2.18. The van der Waals surface area contributed by atoms with E-state index < -0.39 is 0 Å². The number of amides is 1. The van der Waals surface area contributed by atoms with E-state index in [0.717, 1.165) is 19.4 Å². The highest BCUT2D eigenvalue weighted by molar-refractivity contribution is 8.01. The number of carbonyl (C=O) groups is 2. The second kappa shape index (κ2) is 8.93. The fraction of sp³-hybridized carbons (Fsp3) is 0.368. The monoisotopic (exact) mass is 432 g/mol. The molecule has 4 rings (SSSR count). The third-order valence-corrected chi connectivity index (χ3v) is 6.43. The number of ether oxygens (including phenoxy) is 1. The summed E-state index contributed by atoms with van der Waals surface area (Å²) < 4.78 is 11.9. The minimum absolute atomic E-state index is 0.150. The van der Waals surface area contributed by atoms with Gasteiger partial charge >= 0.3 is 0 Å². The molecule has 0 spiro atoms. The topological polar surface area (TPSA) is 106 Å². The highest BCUT2D eigenvalue weighted by atomic mass is 32.2. The lowest BCUT2D eigenvalue weighted by atomic mass is 10.2. The van der Waals surface area contributed by atoms with E-state index in [-0.39, 0.29) is 29.3 Å². The zero-order chi connectivity index (χ0) is 20.2. The predicted molar refractivity (Wildman–Crippen MR) is 113 cm³/mol. The van der Waals surface area contributed by atoms with Gasteiger partial charge in [-0.1, -0.05) is 35.2 Å². The van der Waals surface area contributed by atoms with E-state index in [2.05, 4.69) is 20.8 Å². The lowest BCUT2D eigenvalue weighted by Gasteiger charge is -2.08. The van der Waals surface area contributed by atoms with Gasteiger partial charge in [-0.05, 0) is 25.0 Å². The number of rotatable bonds is 8. The predicted octanol–water partition coefficient (Wildman–Crippen LogP) is 3.81. The van der Waals surface area contributed by atoms with Crippen molar-refractivity contribution >= 4 is 56.6 Å². The van der Waals surface area contributed by atoms with E-state index in [1.807, 2.05) is 18.2 Å². The smallest absolute Gasteiger partial charge is 0.234 e. The van der Waals surface area contributed by atoms with Crippen molar-refractivity contribution in [3.05, 3.63) is 30.0 Å². The van der Waals surface area contributed by atoms with Crippen molar-refractivity contribution in [3.63, 3.8) is 0 Å². The Kier molecular flexibility index (Phi) is 6.12. The molecular weight excluding hydrogens is 412 g/mol. The quantitative estimate of drug-likeness (QED) is 0.409. The van der Waals surface area contributed by atoms with E-state index in [4.69, 9.17) is 9.15 Å². The Labute approximate surface area is 175 Å². The van der Waals surface area contributed by atoms with E-state index in [0.29, 0.717) is 32.7 Å². The molecule has 8 nitrogen and oxygen atoms in total. The van der Waals surface area contributed by atoms with Gasteiger partial charge in [-0.25, -0.2) is 0 Å². The molecule has 0 bridgehead atoms. The van der Waals surface area contributed by atoms with Gasteiger partial charge in [-0.3, -0.25) is 9.59 Å². The van der Waals surface area contributed by atoms with Gasteiger partial charge in [0.1, 0.15) is 5.58 Å². The molecule has 1 aliphatic heterocycles. The fourth-order valence-corrected chi connectivity index (χ4v) is 4.63. The summed E-state index contributed by atoms with van der Waals surface area (Å²) >= 11 is 2.69. The summed E-state index contributed by atoms with van der Waals surface area (Å²) in [4.78, 5) is 24.3. The number of nitrogens with one attached hydrogen (secondary N) is 2. The Hall–Kier alpha value is -2.43. The fourth-order valence-electron chi connectivity index (χ4n) is 3.07. The average Bonchev–Trinajstić information content (AvgIpc) is 3.45. The molecule has 0 aliphatic carbocycles. The van der Waals surface area contributed by atoms with Gasteiger partial charge in [0.15, 0.2) is 15.9 Å². The molecule has 1 atom stereocenters. The second-order valence-corrected chi connectivity index (χ2v) is 8.78. The maximum Gasteiger partial charge on any atom is 0.234 e. The first-order valence-electron chi connectivity index (χ1n) is 9.24. The first kappa shape index (κ1) is 19.9. The molecular formula is C19H20N4O4S2. The van der Waals surface area contributed by atoms with E-state index in [1.165, 1.54) is 30.0 Å². The number of benzene rings is 1. The maximum absolute atomic E-state index is 12.4. The molecule has 3 heterocycles. The van der Waals surface area contributed by atoms with Crippen LogP contribution in [0.4, 0.5) is 10.8 Å². The third kappa shape index (κ3) is 4.77. The number of Topliss-reactive ketones (excluding diaryl/α,β-unsaturated/α-hetero) is 1. The molecule has 1 aliphatic rings. The molecule has 29 heavy (non-hydrogen) atoms. The Morgan fingerprint density at radius 3 is 2.97 bits per heavy atom. The third-order valence-electron chi connectivity index (χ3n) is 4.42. The molecule has 1 fully saturated rings. The zero-order valence-electron chi connectivity index (χ0n) is 15.8. The first-order chi connectivity index (χ1) is 14.1. The van der Waals surface area contributed by atoms with Crippen LogP contribution in [0.25, 0.3) is 11.0 Å². The van der Waals surface area contributed by atoms with E-state index in [1.54, 1.807) is 6.07 Å². The van der Waals surface area contributed by atoms with Gasteiger partial charge in [0.2, 0.25) is 11.0 Å². The van der Waals surface area contributed by atoms with Crippen molar-refractivity contribution in [2.75, 3.05) is 29.5 Å². The van der Waals surface area contributed by atoms with Crippen molar-refractivity contribution in [2.24, 2.45) is 0 Å². The number of fused-ring (bicyclic) bond motifs is 1. The molecule has 2 N–H and O–H groups in total. The van der Waals surface area contributed by atoms with Gasteiger partial charge in [0.25, 0.3) is 0 Å². The van der Waals surface area contributed by atoms with Crippen molar-refractivity contribution in [3.8, 4) is 0 Å². The molecule has 1 saturated heterocycles. The maximum atomic E-state index is 12.4.